The molecule has 1 heterocycles. The highest BCUT2D eigenvalue weighted by Crippen LogP contribution is 2.31. The lowest BCUT2D eigenvalue weighted by atomic mass is 10.2. The first-order chi connectivity index (χ1) is 11.9. The predicted molar refractivity (Wildman–Crippen MR) is 102 cm³/mol. The summed E-state index contributed by atoms with van der Waals surface area (Å²) in [7, 11) is 0. The number of nitrogens with zero attached hydrogens (tertiary/aromatic N) is 2. The quantitative estimate of drug-likeness (QED) is 0.634. The Morgan fingerprint density at radius 3 is 2.52 bits per heavy atom. The van der Waals surface area contributed by atoms with E-state index in [4.69, 9.17) is 39.5 Å². The maximum Gasteiger partial charge on any atom is 0.255 e. The average molecular weight is 402 g/mol. The molecule has 134 valence electrons. The molecule has 0 unspecified atom stereocenters. The Kier molecular flexibility index (Phi) is 7.36. The highest BCUT2D eigenvalue weighted by atomic mass is 35.5. The van der Waals surface area contributed by atoms with Gasteiger partial charge in [-0.05, 0) is 37.1 Å². The minimum Gasteiger partial charge on any atom is -0.490 e. The Bertz CT molecular complexity index is 730. The van der Waals surface area contributed by atoms with E-state index < -0.39 is 0 Å². The average Bonchev–Trinajstić information content (AvgIpc) is 2.55. The molecule has 2 aromatic rings. The standard InChI is InChI=1S/C18H19Cl3N2O2/c1-3-4-23(18(24)13-8-15(20)11-22-10-13)5-6-25-17-12(2)7-14(19)9-16(17)21/h7-11H,3-6H2,1-2H3. The van der Waals surface area contributed by atoms with Crippen molar-refractivity contribution in [2.75, 3.05) is 19.7 Å². The largest absolute Gasteiger partial charge is 0.490 e. The summed E-state index contributed by atoms with van der Waals surface area (Å²) in [5, 5.41) is 1.45. The van der Waals surface area contributed by atoms with Crippen LogP contribution in [0.2, 0.25) is 15.1 Å². The summed E-state index contributed by atoms with van der Waals surface area (Å²) in [6.45, 7) is 5.25. The van der Waals surface area contributed by atoms with Gasteiger partial charge in [-0.1, -0.05) is 41.7 Å². The molecule has 1 aromatic heterocycles. The van der Waals surface area contributed by atoms with Crippen LogP contribution in [0.15, 0.2) is 30.6 Å². The summed E-state index contributed by atoms with van der Waals surface area (Å²) in [4.78, 5) is 18.3. The fourth-order valence-corrected chi connectivity index (χ4v) is 3.25. The topological polar surface area (TPSA) is 42.4 Å². The second-order valence-corrected chi connectivity index (χ2v) is 6.85. The molecule has 0 aliphatic heterocycles. The Labute approximate surface area is 162 Å². The Hall–Kier alpha value is -1.49. The number of aryl methyl sites for hydroxylation is 1. The zero-order valence-corrected chi connectivity index (χ0v) is 16.3. The third-order valence-electron chi connectivity index (χ3n) is 3.53. The van der Waals surface area contributed by atoms with Crippen molar-refractivity contribution in [2.45, 2.75) is 20.3 Å². The summed E-state index contributed by atoms with van der Waals surface area (Å²) in [6.07, 6.45) is 3.84. The lowest BCUT2D eigenvalue weighted by Crippen LogP contribution is -2.35. The molecule has 0 aliphatic rings. The van der Waals surface area contributed by atoms with E-state index >= 15 is 0 Å². The number of carbonyl (C=O) groups excluding carboxylic acids is 1. The molecule has 1 amide bonds. The van der Waals surface area contributed by atoms with Crippen LogP contribution in [0.25, 0.3) is 0 Å². The van der Waals surface area contributed by atoms with Gasteiger partial charge in [0.05, 0.1) is 22.2 Å². The summed E-state index contributed by atoms with van der Waals surface area (Å²) < 4.78 is 5.78. The molecule has 4 nitrogen and oxygen atoms in total. The van der Waals surface area contributed by atoms with E-state index in [1.165, 1.54) is 12.4 Å². The van der Waals surface area contributed by atoms with Crippen LogP contribution in [0.3, 0.4) is 0 Å². The van der Waals surface area contributed by atoms with Crippen LogP contribution < -0.4 is 4.74 Å². The van der Waals surface area contributed by atoms with Crippen LogP contribution in [0, 0.1) is 6.92 Å². The Morgan fingerprint density at radius 2 is 1.88 bits per heavy atom. The minimum absolute atomic E-state index is 0.126. The number of pyridine rings is 1. The molecule has 2 rings (SSSR count). The molecular weight excluding hydrogens is 383 g/mol. The van der Waals surface area contributed by atoms with E-state index in [9.17, 15) is 4.79 Å². The van der Waals surface area contributed by atoms with Crippen LogP contribution in [-0.4, -0.2) is 35.5 Å². The Balaban J connectivity index is 2.04. The van der Waals surface area contributed by atoms with Crippen LogP contribution in [0.4, 0.5) is 0 Å². The van der Waals surface area contributed by atoms with Gasteiger partial charge in [-0.25, -0.2) is 0 Å². The van der Waals surface area contributed by atoms with Crippen LogP contribution in [0.1, 0.15) is 29.3 Å². The normalized spacial score (nSPS) is 10.6. The molecular formula is C18H19Cl3N2O2. The molecule has 0 fully saturated rings. The van der Waals surface area contributed by atoms with E-state index in [1.54, 1.807) is 23.1 Å². The maximum absolute atomic E-state index is 12.6. The molecule has 0 radical (unpaired) electrons. The van der Waals surface area contributed by atoms with Gasteiger partial charge in [-0.3, -0.25) is 9.78 Å². The van der Waals surface area contributed by atoms with Gasteiger partial charge in [0.1, 0.15) is 12.4 Å². The van der Waals surface area contributed by atoms with Crippen LogP contribution in [-0.2, 0) is 0 Å². The number of aromatic nitrogens is 1. The first-order valence-electron chi connectivity index (χ1n) is 7.90. The molecule has 0 bridgehead atoms. The fraction of sp³-hybridized carbons (Fsp3) is 0.333. The van der Waals surface area contributed by atoms with Gasteiger partial charge in [-0.15, -0.1) is 0 Å². The van der Waals surface area contributed by atoms with Crippen molar-refractivity contribution in [3.05, 3.63) is 56.8 Å². The summed E-state index contributed by atoms with van der Waals surface area (Å²) in [5.41, 5.74) is 1.31. The first-order valence-corrected chi connectivity index (χ1v) is 9.04. The zero-order valence-electron chi connectivity index (χ0n) is 14.1. The molecule has 0 spiro atoms. The van der Waals surface area contributed by atoms with Gasteiger partial charge in [0.2, 0.25) is 0 Å². The highest BCUT2D eigenvalue weighted by molar-refractivity contribution is 6.35. The number of amides is 1. The van der Waals surface area contributed by atoms with Crippen molar-refractivity contribution in [1.82, 2.24) is 9.88 Å². The summed E-state index contributed by atoms with van der Waals surface area (Å²) in [6, 6.07) is 5.04. The summed E-state index contributed by atoms with van der Waals surface area (Å²) in [5.74, 6) is 0.457. The van der Waals surface area contributed by atoms with Gasteiger partial charge >= 0.3 is 0 Å². The van der Waals surface area contributed by atoms with Crippen LogP contribution >= 0.6 is 34.8 Å². The fourth-order valence-electron chi connectivity index (χ4n) is 2.43. The van der Waals surface area contributed by atoms with Crippen molar-refractivity contribution in [2.24, 2.45) is 0 Å². The Morgan fingerprint density at radius 1 is 1.12 bits per heavy atom. The van der Waals surface area contributed by atoms with E-state index in [0.29, 0.717) is 46.1 Å². The SMILES string of the molecule is CCCN(CCOc1c(C)cc(Cl)cc1Cl)C(=O)c1cncc(Cl)c1. The number of rotatable bonds is 7. The molecule has 0 aliphatic carbocycles. The van der Waals surface area contributed by atoms with E-state index in [-0.39, 0.29) is 5.91 Å². The monoisotopic (exact) mass is 400 g/mol. The number of hydrogen-bond donors (Lipinski definition) is 0. The zero-order chi connectivity index (χ0) is 18.4. The molecule has 0 N–H and O–H groups in total. The molecule has 7 heteroatoms. The van der Waals surface area contributed by atoms with Gasteiger partial charge < -0.3 is 9.64 Å². The van der Waals surface area contributed by atoms with E-state index in [0.717, 1.165) is 12.0 Å². The van der Waals surface area contributed by atoms with Crippen molar-refractivity contribution in [3.63, 3.8) is 0 Å². The highest BCUT2D eigenvalue weighted by Gasteiger charge is 2.16. The van der Waals surface area contributed by atoms with Crippen molar-refractivity contribution in [3.8, 4) is 5.75 Å². The number of halogens is 3. The van der Waals surface area contributed by atoms with Crippen molar-refractivity contribution >= 4 is 40.7 Å². The second-order valence-electron chi connectivity index (χ2n) is 5.57. The molecule has 0 saturated carbocycles. The molecule has 25 heavy (non-hydrogen) atoms. The van der Waals surface area contributed by atoms with Gasteiger partial charge in [-0.2, -0.15) is 0 Å². The smallest absolute Gasteiger partial charge is 0.255 e. The van der Waals surface area contributed by atoms with Gasteiger partial charge in [0.15, 0.2) is 0 Å². The molecule has 0 saturated heterocycles. The number of benzene rings is 1. The first kappa shape index (κ1) is 19.8. The predicted octanol–water partition coefficient (Wildman–Crippen LogP) is 5.28. The van der Waals surface area contributed by atoms with Crippen molar-refractivity contribution < 1.29 is 9.53 Å². The third kappa shape index (κ3) is 5.50. The lowest BCUT2D eigenvalue weighted by Gasteiger charge is -2.22. The molecule has 0 atom stereocenters. The van der Waals surface area contributed by atoms with Crippen LogP contribution in [0.5, 0.6) is 5.75 Å². The third-order valence-corrected chi connectivity index (χ3v) is 4.24. The minimum atomic E-state index is -0.126. The summed E-state index contributed by atoms with van der Waals surface area (Å²) >= 11 is 18.1. The molecule has 1 aromatic carbocycles. The van der Waals surface area contributed by atoms with Gasteiger partial charge in [0.25, 0.3) is 5.91 Å². The lowest BCUT2D eigenvalue weighted by molar-refractivity contribution is 0.0729. The van der Waals surface area contributed by atoms with Gasteiger partial charge in [0, 0.05) is 24.0 Å². The second kappa shape index (κ2) is 9.27. The number of carbonyl (C=O) groups is 1. The maximum atomic E-state index is 12.6. The van der Waals surface area contributed by atoms with E-state index in [1.807, 2.05) is 13.8 Å². The van der Waals surface area contributed by atoms with E-state index in [2.05, 4.69) is 4.98 Å². The van der Waals surface area contributed by atoms with Crippen molar-refractivity contribution in [1.29, 1.82) is 0 Å². The number of ether oxygens (including phenoxy) is 1. The number of hydrogen-bond acceptors (Lipinski definition) is 3.